The minimum absolute atomic E-state index is 0.0135. The number of benzene rings is 2. The molecule has 8 heteroatoms. The average molecular weight is 441 g/mol. The number of hydrogen-bond donors (Lipinski definition) is 1. The Kier molecular flexibility index (Phi) is 5.30. The highest BCUT2D eigenvalue weighted by Gasteiger charge is 2.27. The van der Waals surface area contributed by atoms with Crippen LogP contribution in [0.2, 0.25) is 0 Å². The van der Waals surface area contributed by atoms with Crippen molar-refractivity contribution in [1.82, 2.24) is 4.40 Å². The Morgan fingerprint density at radius 3 is 2.31 bits per heavy atom. The predicted molar refractivity (Wildman–Crippen MR) is 109 cm³/mol. The quantitative estimate of drug-likeness (QED) is 0.247. The molecule has 0 spiro atoms. The lowest BCUT2D eigenvalue weighted by Gasteiger charge is -2.10. The van der Waals surface area contributed by atoms with Crippen molar-refractivity contribution < 1.29 is 32.3 Å². The van der Waals surface area contributed by atoms with Crippen LogP contribution in [0.4, 0.5) is 17.6 Å². The summed E-state index contributed by atoms with van der Waals surface area (Å²) in [5, 5.41) is 9.31. The SMILES string of the molecule is CCc1c(C(=O)O)ccc(-c2cc(C(=O)c3c(F)ccc(F)c3F)n3ccccc23)c1F. The van der Waals surface area contributed by atoms with E-state index in [1.807, 2.05) is 0 Å². The van der Waals surface area contributed by atoms with Gasteiger partial charge >= 0.3 is 5.97 Å². The lowest BCUT2D eigenvalue weighted by molar-refractivity contribution is 0.0695. The maximum Gasteiger partial charge on any atom is 0.336 e. The van der Waals surface area contributed by atoms with E-state index in [0.29, 0.717) is 17.6 Å². The van der Waals surface area contributed by atoms with Crippen molar-refractivity contribution in [3.63, 3.8) is 0 Å². The third-order valence-corrected chi connectivity index (χ3v) is 5.30. The molecule has 0 saturated carbocycles. The Bertz CT molecular complexity index is 1410. The molecule has 162 valence electrons. The summed E-state index contributed by atoms with van der Waals surface area (Å²) in [4.78, 5) is 24.4. The first-order chi connectivity index (χ1) is 15.3. The Hall–Kier alpha value is -3.94. The minimum Gasteiger partial charge on any atom is -0.478 e. The first-order valence-electron chi connectivity index (χ1n) is 9.59. The number of pyridine rings is 1. The maximum atomic E-state index is 15.3. The molecule has 0 aliphatic carbocycles. The molecule has 0 fully saturated rings. The number of nitrogens with zero attached hydrogens (tertiary/aromatic N) is 1. The number of rotatable bonds is 5. The second-order valence-corrected chi connectivity index (χ2v) is 7.06. The Morgan fingerprint density at radius 1 is 0.906 bits per heavy atom. The topological polar surface area (TPSA) is 58.8 Å². The van der Waals surface area contributed by atoms with Crippen LogP contribution in [0.1, 0.15) is 38.9 Å². The van der Waals surface area contributed by atoms with Crippen molar-refractivity contribution in [2.24, 2.45) is 0 Å². The first-order valence-corrected chi connectivity index (χ1v) is 9.59. The third kappa shape index (κ3) is 3.24. The van der Waals surface area contributed by atoms with Gasteiger partial charge in [-0.1, -0.05) is 19.1 Å². The zero-order valence-electron chi connectivity index (χ0n) is 16.6. The zero-order valence-corrected chi connectivity index (χ0v) is 16.6. The van der Waals surface area contributed by atoms with Crippen LogP contribution < -0.4 is 0 Å². The molecule has 0 bridgehead atoms. The van der Waals surface area contributed by atoms with E-state index in [-0.39, 0.29) is 34.4 Å². The van der Waals surface area contributed by atoms with Gasteiger partial charge in [0.1, 0.15) is 11.6 Å². The van der Waals surface area contributed by atoms with E-state index in [2.05, 4.69) is 0 Å². The number of carbonyl (C=O) groups is 2. The lowest BCUT2D eigenvalue weighted by atomic mass is 9.96. The molecule has 0 saturated heterocycles. The van der Waals surface area contributed by atoms with Gasteiger partial charge in [-0.2, -0.15) is 0 Å². The van der Waals surface area contributed by atoms with Crippen LogP contribution in [0.3, 0.4) is 0 Å². The van der Waals surface area contributed by atoms with Crippen molar-refractivity contribution in [3.8, 4) is 11.1 Å². The molecule has 32 heavy (non-hydrogen) atoms. The van der Waals surface area contributed by atoms with Gasteiger partial charge in [0.15, 0.2) is 11.6 Å². The van der Waals surface area contributed by atoms with E-state index in [4.69, 9.17) is 0 Å². The summed E-state index contributed by atoms with van der Waals surface area (Å²) < 4.78 is 58.7. The molecule has 2 aromatic carbocycles. The highest BCUT2D eigenvalue weighted by atomic mass is 19.2. The molecule has 0 amide bonds. The molecule has 0 aliphatic heterocycles. The number of halogens is 4. The first kappa shape index (κ1) is 21.3. The van der Waals surface area contributed by atoms with Gasteiger partial charge < -0.3 is 9.51 Å². The van der Waals surface area contributed by atoms with Crippen LogP contribution in [-0.4, -0.2) is 21.3 Å². The van der Waals surface area contributed by atoms with Gasteiger partial charge in [0.05, 0.1) is 22.3 Å². The standard InChI is InChI=1S/C24H15F4NO3/c1-2-12-14(24(31)32)7-6-13(21(12)27)15-11-19(29-10-4-3-5-18(15)29)23(30)20-16(25)8-9-17(26)22(20)28/h3-11H,2H2,1H3,(H,31,32). The van der Waals surface area contributed by atoms with Gasteiger partial charge in [-0.3, -0.25) is 4.79 Å². The maximum absolute atomic E-state index is 15.3. The van der Waals surface area contributed by atoms with E-state index < -0.39 is 40.6 Å². The Balaban J connectivity index is 1.98. The minimum atomic E-state index is -1.62. The number of carboxylic acids is 1. The summed E-state index contributed by atoms with van der Waals surface area (Å²) in [7, 11) is 0. The van der Waals surface area contributed by atoms with Gasteiger partial charge in [-0.15, -0.1) is 0 Å². The van der Waals surface area contributed by atoms with Gasteiger partial charge in [-0.25, -0.2) is 22.4 Å². The van der Waals surface area contributed by atoms with Gasteiger partial charge in [0.2, 0.25) is 5.78 Å². The van der Waals surface area contributed by atoms with Gasteiger partial charge in [0, 0.05) is 22.9 Å². The molecular weight excluding hydrogens is 426 g/mol. The summed E-state index contributed by atoms with van der Waals surface area (Å²) >= 11 is 0. The fourth-order valence-electron chi connectivity index (χ4n) is 3.78. The van der Waals surface area contributed by atoms with Crippen molar-refractivity contribution in [2.75, 3.05) is 0 Å². The molecule has 0 atom stereocenters. The monoisotopic (exact) mass is 441 g/mol. The van der Waals surface area contributed by atoms with Crippen molar-refractivity contribution in [2.45, 2.75) is 13.3 Å². The molecule has 1 N–H and O–H groups in total. The van der Waals surface area contributed by atoms with Crippen LogP contribution in [-0.2, 0) is 6.42 Å². The van der Waals surface area contributed by atoms with Crippen LogP contribution in [0.15, 0.2) is 54.7 Å². The highest BCUT2D eigenvalue weighted by Crippen LogP contribution is 2.34. The summed E-state index contributed by atoms with van der Waals surface area (Å²) in [6.07, 6.45) is 1.56. The summed E-state index contributed by atoms with van der Waals surface area (Å²) in [5.74, 6) is -7.39. The average Bonchev–Trinajstić information content (AvgIpc) is 3.15. The number of aromatic nitrogens is 1. The van der Waals surface area contributed by atoms with E-state index in [1.54, 1.807) is 25.1 Å². The highest BCUT2D eigenvalue weighted by molar-refractivity contribution is 6.10. The summed E-state index contributed by atoms with van der Waals surface area (Å²) in [6, 6.07) is 9.78. The number of carbonyl (C=O) groups excluding carboxylic acids is 1. The molecule has 0 unspecified atom stereocenters. The normalized spacial score (nSPS) is 11.2. The molecule has 2 heterocycles. The zero-order chi connectivity index (χ0) is 23.2. The smallest absolute Gasteiger partial charge is 0.336 e. The van der Waals surface area contributed by atoms with Gasteiger partial charge in [0.25, 0.3) is 0 Å². The fraction of sp³-hybridized carbons (Fsp3) is 0.0833. The van der Waals surface area contributed by atoms with Crippen LogP contribution in [0.25, 0.3) is 16.6 Å². The predicted octanol–water partition coefficient (Wildman–Crippen LogP) is 5.65. The summed E-state index contributed by atoms with van der Waals surface area (Å²) in [6.45, 7) is 1.61. The molecule has 4 aromatic rings. The van der Waals surface area contributed by atoms with Gasteiger partial charge in [-0.05, 0) is 42.8 Å². The molecular formula is C24H15F4NO3. The molecule has 4 nitrogen and oxygen atoms in total. The largest absolute Gasteiger partial charge is 0.478 e. The second-order valence-electron chi connectivity index (χ2n) is 7.06. The van der Waals surface area contributed by atoms with Crippen LogP contribution in [0, 0.1) is 23.3 Å². The van der Waals surface area contributed by atoms with Crippen molar-refractivity contribution >= 4 is 17.3 Å². The Labute approximate surface area is 179 Å². The number of hydrogen-bond acceptors (Lipinski definition) is 2. The van der Waals surface area contributed by atoms with E-state index in [0.717, 1.165) is 0 Å². The number of ketones is 1. The number of aromatic carboxylic acids is 1. The molecule has 4 rings (SSSR count). The van der Waals surface area contributed by atoms with E-state index in [9.17, 15) is 27.9 Å². The molecule has 0 radical (unpaired) electrons. The lowest BCUT2D eigenvalue weighted by Crippen LogP contribution is -2.11. The third-order valence-electron chi connectivity index (χ3n) is 5.30. The second kappa shape index (κ2) is 7.96. The Morgan fingerprint density at radius 2 is 1.62 bits per heavy atom. The fourth-order valence-corrected chi connectivity index (χ4v) is 3.78. The molecule has 0 aliphatic rings. The number of fused-ring (bicyclic) bond motifs is 1. The van der Waals surface area contributed by atoms with E-state index in [1.165, 1.54) is 28.8 Å². The number of carboxylic acid groups (broad SMARTS) is 1. The van der Waals surface area contributed by atoms with Crippen LogP contribution >= 0.6 is 0 Å². The van der Waals surface area contributed by atoms with E-state index >= 15 is 4.39 Å². The summed E-state index contributed by atoms with van der Waals surface area (Å²) in [5.41, 5.74) is -0.880. The van der Waals surface area contributed by atoms with Crippen molar-refractivity contribution in [3.05, 3.63) is 100 Å². The van der Waals surface area contributed by atoms with Crippen LogP contribution in [0.5, 0.6) is 0 Å². The van der Waals surface area contributed by atoms with Crippen molar-refractivity contribution in [1.29, 1.82) is 0 Å². The molecule has 2 aromatic heterocycles.